The van der Waals surface area contributed by atoms with E-state index in [0.717, 1.165) is 25.7 Å². The van der Waals surface area contributed by atoms with Crippen molar-refractivity contribution in [2.45, 2.75) is 96.2 Å². The molecule has 3 nitrogen and oxygen atoms in total. The second-order valence-corrected chi connectivity index (χ2v) is 5.75. The van der Waals surface area contributed by atoms with Crippen molar-refractivity contribution < 1.29 is 14.6 Å². The highest BCUT2D eigenvalue weighted by Crippen LogP contribution is 2.20. The molecule has 1 saturated heterocycles. The summed E-state index contributed by atoms with van der Waals surface area (Å²) < 4.78 is 5.18. The lowest BCUT2D eigenvalue weighted by Gasteiger charge is -2.26. The Hall–Kier alpha value is -0.570. The van der Waals surface area contributed by atoms with E-state index in [2.05, 4.69) is 6.92 Å². The molecule has 112 valence electrons. The summed E-state index contributed by atoms with van der Waals surface area (Å²) in [4.78, 5) is 11.1. The average molecular weight is 270 g/mol. The van der Waals surface area contributed by atoms with E-state index < -0.39 is 6.10 Å². The van der Waals surface area contributed by atoms with Crippen LogP contribution in [0.1, 0.15) is 84.0 Å². The molecule has 1 aliphatic heterocycles. The molecule has 0 aromatic rings. The van der Waals surface area contributed by atoms with E-state index in [1.807, 2.05) is 0 Å². The van der Waals surface area contributed by atoms with Gasteiger partial charge < -0.3 is 9.84 Å². The van der Waals surface area contributed by atoms with Crippen molar-refractivity contribution in [3.8, 4) is 0 Å². The molecule has 1 fully saturated rings. The van der Waals surface area contributed by atoms with Crippen LogP contribution in [-0.2, 0) is 9.53 Å². The van der Waals surface area contributed by atoms with Crippen molar-refractivity contribution in [3.63, 3.8) is 0 Å². The van der Waals surface area contributed by atoms with Gasteiger partial charge in [-0.2, -0.15) is 0 Å². The number of unbranched alkanes of at least 4 members (excludes halogenated alkanes) is 7. The molecule has 0 saturated carbocycles. The minimum absolute atomic E-state index is 0.147. The number of ether oxygens (including phenoxy) is 1. The zero-order valence-corrected chi connectivity index (χ0v) is 12.4. The van der Waals surface area contributed by atoms with E-state index >= 15 is 0 Å². The molecule has 0 amide bonds. The molecule has 1 aliphatic rings. The maximum Gasteiger partial charge on any atom is 0.306 e. The Bertz CT molecular complexity index is 240. The molecule has 19 heavy (non-hydrogen) atoms. The third kappa shape index (κ3) is 7.56. The van der Waals surface area contributed by atoms with Gasteiger partial charge in [0.15, 0.2) is 0 Å². The van der Waals surface area contributed by atoms with Crippen LogP contribution in [-0.4, -0.2) is 23.3 Å². The van der Waals surface area contributed by atoms with Gasteiger partial charge in [0.05, 0.1) is 6.10 Å². The van der Waals surface area contributed by atoms with Gasteiger partial charge in [-0.3, -0.25) is 4.79 Å². The highest BCUT2D eigenvalue weighted by Gasteiger charge is 2.26. The Labute approximate surface area is 117 Å². The van der Waals surface area contributed by atoms with Crippen LogP contribution >= 0.6 is 0 Å². The summed E-state index contributed by atoms with van der Waals surface area (Å²) in [6.45, 7) is 2.24. The summed E-state index contributed by atoms with van der Waals surface area (Å²) in [6.07, 6.45) is 12.4. The van der Waals surface area contributed by atoms with Crippen molar-refractivity contribution >= 4 is 5.97 Å². The highest BCUT2D eigenvalue weighted by atomic mass is 16.6. The maximum absolute atomic E-state index is 11.1. The number of cyclic esters (lactones) is 1. The first-order chi connectivity index (χ1) is 9.24. The second-order valence-electron chi connectivity index (χ2n) is 5.75. The fourth-order valence-electron chi connectivity index (χ4n) is 2.68. The number of aliphatic hydroxyl groups excluding tert-OH is 1. The van der Waals surface area contributed by atoms with Crippen LogP contribution < -0.4 is 0 Å². The molecular weight excluding hydrogens is 240 g/mol. The first-order valence-corrected chi connectivity index (χ1v) is 8.11. The predicted octanol–water partition coefficient (Wildman–Crippen LogP) is 3.97. The highest BCUT2D eigenvalue weighted by molar-refractivity contribution is 5.70. The van der Waals surface area contributed by atoms with E-state index in [4.69, 9.17) is 4.74 Å². The van der Waals surface area contributed by atoms with Crippen molar-refractivity contribution in [3.05, 3.63) is 0 Å². The van der Waals surface area contributed by atoms with Crippen molar-refractivity contribution in [1.82, 2.24) is 0 Å². The van der Waals surface area contributed by atoms with Crippen molar-refractivity contribution in [1.29, 1.82) is 0 Å². The van der Waals surface area contributed by atoms with E-state index in [1.54, 1.807) is 0 Å². The fraction of sp³-hybridized carbons (Fsp3) is 0.938. The summed E-state index contributed by atoms with van der Waals surface area (Å²) in [6, 6.07) is 0. The second kappa shape index (κ2) is 10.2. The minimum Gasteiger partial charge on any atom is -0.460 e. The number of aliphatic hydroxyl groups is 1. The standard InChI is InChI=1S/C16H30O3/c1-2-3-4-5-6-7-8-9-11-14(17)15-12-10-13-16(18)19-15/h14-15,17H,2-13H2,1H3/t14-,15+/m1/s1. The van der Waals surface area contributed by atoms with Crippen LogP contribution in [0.2, 0.25) is 0 Å². The van der Waals surface area contributed by atoms with E-state index in [-0.39, 0.29) is 12.1 Å². The largest absolute Gasteiger partial charge is 0.460 e. The third-order valence-corrected chi connectivity index (χ3v) is 3.93. The number of carbonyl (C=O) groups excluding carboxylic acids is 1. The molecule has 0 unspecified atom stereocenters. The zero-order chi connectivity index (χ0) is 13.9. The van der Waals surface area contributed by atoms with Gasteiger partial charge in [-0.15, -0.1) is 0 Å². The molecule has 0 aromatic heterocycles. The Morgan fingerprint density at radius 3 is 2.42 bits per heavy atom. The Balaban J connectivity index is 1.95. The van der Waals surface area contributed by atoms with Crippen LogP contribution in [0.3, 0.4) is 0 Å². The molecule has 0 spiro atoms. The lowest BCUT2D eigenvalue weighted by molar-refractivity contribution is -0.161. The summed E-state index contributed by atoms with van der Waals surface area (Å²) in [5.74, 6) is -0.147. The van der Waals surface area contributed by atoms with Crippen LogP contribution in [0.15, 0.2) is 0 Å². The molecular formula is C16H30O3. The molecule has 1 rings (SSSR count). The Kier molecular flexibility index (Phi) is 8.89. The summed E-state index contributed by atoms with van der Waals surface area (Å²) in [5.41, 5.74) is 0. The number of esters is 1. The molecule has 0 aliphatic carbocycles. The van der Waals surface area contributed by atoms with Gasteiger partial charge in [-0.25, -0.2) is 0 Å². The van der Waals surface area contributed by atoms with Crippen LogP contribution in [0.25, 0.3) is 0 Å². The molecule has 0 aromatic carbocycles. The Morgan fingerprint density at radius 2 is 1.79 bits per heavy atom. The predicted molar refractivity (Wildman–Crippen MR) is 77.0 cm³/mol. The summed E-state index contributed by atoms with van der Waals surface area (Å²) in [5, 5.41) is 9.99. The molecule has 2 atom stereocenters. The molecule has 0 radical (unpaired) electrons. The van der Waals surface area contributed by atoms with Gasteiger partial charge >= 0.3 is 5.97 Å². The average Bonchev–Trinajstić information content (AvgIpc) is 2.41. The topological polar surface area (TPSA) is 46.5 Å². The SMILES string of the molecule is CCCCCCCCCC[C@@H](O)[C@@H]1CCCC(=O)O1. The van der Waals surface area contributed by atoms with Gasteiger partial charge in [0.1, 0.15) is 6.10 Å². The first-order valence-electron chi connectivity index (χ1n) is 8.11. The first kappa shape index (κ1) is 16.5. The van der Waals surface area contributed by atoms with Crippen LogP contribution in [0.5, 0.6) is 0 Å². The summed E-state index contributed by atoms with van der Waals surface area (Å²) >= 11 is 0. The fourth-order valence-corrected chi connectivity index (χ4v) is 2.68. The van der Waals surface area contributed by atoms with Crippen molar-refractivity contribution in [2.24, 2.45) is 0 Å². The molecule has 0 bridgehead atoms. The van der Waals surface area contributed by atoms with Gasteiger partial charge in [-0.05, 0) is 19.3 Å². The number of hydrogen-bond acceptors (Lipinski definition) is 3. The lowest BCUT2D eigenvalue weighted by atomic mass is 9.99. The van der Waals surface area contributed by atoms with E-state index in [1.165, 1.54) is 44.9 Å². The number of carbonyl (C=O) groups is 1. The van der Waals surface area contributed by atoms with Gasteiger partial charge in [0.25, 0.3) is 0 Å². The quantitative estimate of drug-likeness (QED) is 0.482. The maximum atomic E-state index is 11.1. The van der Waals surface area contributed by atoms with Gasteiger partial charge in [0, 0.05) is 6.42 Å². The molecule has 1 N–H and O–H groups in total. The Morgan fingerprint density at radius 1 is 1.16 bits per heavy atom. The monoisotopic (exact) mass is 270 g/mol. The lowest BCUT2D eigenvalue weighted by Crippen LogP contribution is -2.34. The van der Waals surface area contributed by atoms with Gasteiger partial charge in [0.2, 0.25) is 0 Å². The van der Waals surface area contributed by atoms with E-state index in [0.29, 0.717) is 6.42 Å². The normalized spacial score (nSPS) is 21.2. The van der Waals surface area contributed by atoms with Crippen LogP contribution in [0, 0.1) is 0 Å². The molecule has 3 heteroatoms. The molecule has 1 heterocycles. The minimum atomic E-state index is -0.454. The third-order valence-electron chi connectivity index (χ3n) is 3.93. The van der Waals surface area contributed by atoms with Crippen LogP contribution in [0.4, 0.5) is 0 Å². The number of hydrogen-bond donors (Lipinski definition) is 1. The van der Waals surface area contributed by atoms with Gasteiger partial charge in [-0.1, -0.05) is 58.3 Å². The van der Waals surface area contributed by atoms with Crippen molar-refractivity contribution in [2.75, 3.05) is 0 Å². The van der Waals surface area contributed by atoms with E-state index in [9.17, 15) is 9.90 Å². The smallest absolute Gasteiger partial charge is 0.306 e. The summed E-state index contributed by atoms with van der Waals surface area (Å²) in [7, 11) is 0. The number of rotatable bonds is 10. The zero-order valence-electron chi connectivity index (χ0n) is 12.4.